The predicted molar refractivity (Wildman–Crippen MR) is 72.5 cm³/mol. The van der Waals surface area contributed by atoms with Gasteiger partial charge in [0, 0.05) is 0 Å². The van der Waals surface area contributed by atoms with Crippen LogP contribution < -0.4 is 9.50 Å². The lowest BCUT2D eigenvalue weighted by atomic mass is 10.1. The van der Waals surface area contributed by atoms with Gasteiger partial charge in [-0.2, -0.15) is 8.42 Å². The molecule has 0 atom stereocenters. The molecule has 0 spiro atoms. The van der Waals surface area contributed by atoms with Crippen LogP contribution in [0.25, 0.3) is 0 Å². The molecule has 0 unspecified atom stereocenters. The van der Waals surface area contributed by atoms with Gasteiger partial charge in [0.15, 0.2) is 5.75 Å². The third-order valence-corrected chi connectivity index (χ3v) is 4.20. The van der Waals surface area contributed by atoms with Gasteiger partial charge < -0.3 is 4.18 Å². The van der Waals surface area contributed by atoms with Crippen LogP contribution in [0.1, 0.15) is 20.7 Å². The molecule has 0 saturated heterocycles. The van der Waals surface area contributed by atoms with Gasteiger partial charge in [-0.3, -0.25) is 14.9 Å². The van der Waals surface area contributed by atoms with E-state index < -0.39 is 21.9 Å². The van der Waals surface area contributed by atoms with E-state index in [1.165, 1.54) is 30.3 Å². The number of nitrogens with one attached hydrogen (secondary N) is 1. The number of imide groups is 1. The fraction of sp³-hybridized carbons (Fsp3) is 0. The van der Waals surface area contributed by atoms with E-state index >= 15 is 0 Å². The molecule has 21 heavy (non-hydrogen) atoms. The lowest BCUT2D eigenvalue weighted by molar-refractivity contribution is 0.0879. The van der Waals surface area contributed by atoms with Gasteiger partial charge in [-0.05, 0) is 24.3 Å². The number of benzene rings is 2. The number of fused-ring (bicyclic) bond motifs is 1. The van der Waals surface area contributed by atoms with Crippen LogP contribution in [-0.2, 0) is 10.1 Å². The molecule has 0 radical (unpaired) electrons. The maximum absolute atomic E-state index is 12.2. The summed E-state index contributed by atoms with van der Waals surface area (Å²) in [6, 6.07) is 11.8. The number of hydrogen-bond acceptors (Lipinski definition) is 5. The Morgan fingerprint density at radius 1 is 0.857 bits per heavy atom. The summed E-state index contributed by atoms with van der Waals surface area (Å²) in [7, 11) is -4.07. The number of rotatable bonds is 3. The first-order valence-electron chi connectivity index (χ1n) is 5.97. The van der Waals surface area contributed by atoms with E-state index in [0.717, 1.165) is 0 Å². The minimum atomic E-state index is -4.07. The summed E-state index contributed by atoms with van der Waals surface area (Å²) in [4.78, 5) is 23.2. The second kappa shape index (κ2) is 4.71. The van der Waals surface area contributed by atoms with Gasteiger partial charge in [-0.1, -0.05) is 24.3 Å². The lowest BCUT2D eigenvalue weighted by Gasteiger charge is -2.09. The van der Waals surface area contributed by atoms with Gasteiger partial charge in [0.2, 0.25) is 0 Å². The molecule has 2 amide bonds. The van der Waals surface area contributed by atoms with Gasteiger partial charge in [0.1, 0.15) is 4.90 Å². The van der Waals surface area contributed by atoms with Crippen molar-refractivity contribution in [2.24, 2.45) is 0 Å². The van der Waals surface area contributed by atoms with Crippen molar-refractivity contribution < 1.29 is 22.2 Å². The summed E-state index contributed by atoms with van der Waals surface area (Å²) < 4.78 is 29.3. The first-order chi connectivity index (χ1) is 9.99. The second-order valence-corrected chi connectivity index (χ2v) is 5.86. The Kier molecular flexibility index (Phi) is 2.99. The molecule has 3 rings (SSSR count). The molecule has 1 N–H and O–H groups in total. The second-order valence-electron chi connectivity index (χ2n) is 4.31. The van der Waals surface area contributed by atoms with Crippen molar-refractivity contribution >= 4 is 21.9 Å². The number of carbonyl (C=O) groups is 2. The molecule has 1 aliphatic rings. The summed E-state index contributed by atoms with van der Waals surface area (Å²) in [6.45, 7) is 0. The molecule has 0 aromatic heterocycles. The predicted octanol–water partition coefficient (Wildman–Crippen LogP) is 1.34. The molecule has 0 saturated carbocycles. The molecule has 6 nitrogen and oxygen atoms in total. The molecule has 106 valence electrons. The number of amides is 2. The van der Waals surface area contributed by atoms with E-state index in [2.05, 4.69) is 5.32 Å². The Balaban J connectivity index is 2.05. The fourth-order valence-corrected chi connectivity index (χ4v) is 2.97. The molecule has 1 heterocycles. The average molecular weight is 303 g/mol. The van der Waals surface area contributed by atoms with Crippen LogP contribution in [0.5, 0.6) is 5.75 Å². The van der Waals surface area contributed by atoms with Crippen molar-refractivity contribution in [3.63, 3.8) is 0 Å². The monoisotopic (exact) mass is 303 g/mol. The van der Waals surface area contributed by atoms with Gasteiger partial charge in [0.05, 0.1) is 11.1 Å². The highest BCUT2D eigenvalue weighted by molar-refractivity contribution is 7.87. The van der Waals surface area contributed by atoms with Gasteiger partial charge in [0.25, 0.3) is 11.8 Å². The summed E-state index contributed by atoms with van der Waals surface area (Å²) in [5.74, 6) is -1.41. The van der Waals surface area contributed by atoms with Crippen molar-refractivity contribution in [2.45, 2.75) is 4.90 Å². The minimum absolute atomic E-state index is 0.0349. The summed E-state index contributed by atoms with van der Waals surface area (Å²) in [6.07, 6.45) is 0. The topological polar surface area (TPSA) is 89.5 Å². The quantitative estimate of drug-likeness (QED) is 0.682. The molecule has 7 heteroatoms. The summed E-state index contributed by atoms with van der Waals surface area (Å²) >= 11 is 0. The normalized spacial score (nSPS) is 13.7. The van der Waals surface area contributed by atoms with Crippen molar-refractivity contribution in [1.29, 1.82) is 0 Å². The van der Waals surface area contributed by atoms with Crippen molar-refractivity contribution in [1.82, 2.24) is 5.32 Å². The van der Waals surface area contributed by atoms with Crippen molar-refractivity contribution in [3.05, 3.63) is 59.7 Å². The summed E-state index contributed by atoms with van der Waals surface area (Å²) in [5.41, 5.74) is 0.0303. The van der Waals surface area contributed by atoms with E-state index in [9.17, 15) is 18.0 Å². The standard InChI is InChI=1S/C14H9NO5S/c16-13-10-7-4-8-11(12(10)14(17)15-13)20-21(18,19)9-5-2-1-3-6-9/h1-8H,(H,15,16,17). The van der Waals surface area contributed by atoms with E-state index in [1.54, 1.807) is 18.2 Å². The summed E-state index contributed by atoms with van der Waals surface area (Å²) in [5, 5.41) is 2.10. The minimum Gasteiger partial charge on any atom is -0.378 e. The SMILES string of the molecule is O=C1NC(=O)c2c(OS(=O)(=O)c3ccccc3)cccc21. The average Bonchev–Trinajstić information content (AvgIpc) is 2.76. The highest BCUT2D eigenvalue weighted by Crippen LogP contribution is 2.28. The Hall–Kier alpha value is -2.67. The Morgan fingerprint density at radius 2 is 1.57 bits per heavy atom. The van der Waals surface area contributed by atoms with E-state index in [-0.39, 0.29) is 21.8 Å². The van der Waals surface area contributed by atoms with Crippen LogP contribution in [0.4, 0.5) is 0 Å². The van der Waals surface area contributed by atoms with Gasteiger partial charge >= 0.3 is 10.1 Å². The molecule has 0 bridgehead atoms. The third kappa shape index (κ3) is 2.27. The van der Waals surface area contributed by atoms with Crippen LogP contribution in [0, 0.1) is 0 Å². The highest BCUT2D eigenvalue weighted by Gasteiger charge is 2.32. The lowest BCUT2D eigenvalue weighted by Crippen LogP contribution is -2.20. The first kappa shape index (κ1) is 13.3. The van der Waals surface area contributed by atoms with Gasteiger partial charge in [-0.15, -0.1) is 0 Å². The maximum atomic E-state index is 12.2. The zero-order valence-electron chi connectivity index (χ0n) is 10.6. The smallest absolute Gasteiger partial charge is 0.339 e. The van der Waals surface area contributed by atoms with Crippen molar-refractivity contribution in [2.75, 3.05) is 0 Å². The van der Waals surface area contributed by atoms with Gasteiger partial charge in [-0.25, -0.2) is 0 Å². The zero-order chi connectivity index (χ0) is 15.0. The Bertz CT molecular complexity index is 843. The Morgan fingerprint density at radius 3 is 2.29 bits per heavy atom. The number of carbonyl (C=O) groups excluding carboxylic acids is 2. The van der Waals surface area contributed by atoms with E-state index in [4.69, 9.17) is 4.18 Å². The van der Waals surface area contributed by atoms with E-state index in [1.807, 2.05) is 0 Å². The van der Waals surface area contributed by atoms with Crippen LogP contribution >= 0.6 is 0 Å². The third-order valence-electron chi connectivity index (χ3n) is 2.96. The molecule has 1 aliphatic heterocycles. The largest absolute Gasteiger partial charge is 0.378 e. The fourth-order valence-electron chi connectivity index (χ4n) is 2.01. The molecular weight excluding hydrogens is 294 g/mol. The molecule has 2 aromatic rings. The maximum Gasteiger partial charge on any atom is 0.339 e. The van der Waals surface area contributed by atoms with Crippen LogP contribution in [0.3, 0.4) is 0 Å². The van der Waals surface area contributed by atoms with Crippen LogP contribution in [0.2, 0.25) is 0 Å². The molecular formula is C14H9NO5S. The zero-order valence-corrected chi connectivity index (χ0v) is 11.4. The van der Waals surface area contributed by atoms with Crippen molar-refractivity contribution in [3.8, 4) is 5.75 Å². The van der Waals surface area contributed by atoms with Crippen LogP contribution in [-0.4, -0.2) is 20.2 Å². The Labute approximate surface area is 120 Å². The highest BCUT2D eigenvalue weighted by atomic mass is 32.2. The molecule has 0 aliphatic carbocycles. The first-order valence-corrected chi connectivity index (χ1v) is 7.38. The molecule has 2 aromatic carbocycles. The molecule has 0 fully saturated rings. The number of hydrogen-bond donors (Lipinski definition) is 1. The van der Waals surface area contributed by atoms with Crippen LogP contribution in [0.15, 0.2) is 53.4 Å². The van der Waals surface area contributed by atoms with E-state index in [0.29, 0.717) is 0 Å².